The molecule has 5 nitrogen and oxygen atoms in total. The molecule has 2 N–H and O–H groups in total. The molecule has 1 fully saturated rings. The minimum atomic E-state index is -0.323. The second-order valence-corrected chi connectivity index (χ2v) is 7.44. The predicted octanol–water partition coefficient (Wildman–Crippen LogP) is 4.54. The van der Waals surface area contributed by atoms with Gasteiger partial charge in [-0.2, -0.15) is 0 Å². The molecule has 0 radical (unpaired) electrons. The highest BCUT2D eigenvalue weighted by Crippen LogP contribution is 2.38. The number of H-pyrrole nitrogens is 1. The van der Waals surface area contributed by atoms with E-state index in [-0.39, 0.29) is 17.8 Å². The number of benzene rings is 1. The van der Waals surface area contributed by atoms with Crippen LogP contribution in [0.25, 0.3) is 22.2 Å². The van der Waals surface area contributed by atoms with Gasteiger partial charge < -0.3 is 15.0 Å². The third-order valence-corrected chi connectivity index (χ3v) is 5.58. The molecule has 146 valence electrons. The number of rotatable bonds is 4. The summed E-state index contributed by atoms with van der Waals surface area (Å²) in [5, 5.41) is 4.03. The van der Waals surface area contributed by atoms with Gasteiger partial charge >= 0.3 is 0 Å². The smallest absolute Gasteiger partial charge is 0.217 e. The molecule has 1 aromatic carbocycles. The average molecular weight is 381 g/mol. The van der Waals surface area contributed by atoms with Crippen LogP contribution in [0.1, 0.15) is 44.2 Å². The lowest BCUT2D eigenvalue weighted by Crippen LogP contribution is -2.35. The highest BCUT2D eigenvalue weighted by molar-refractivity contribution is 5.95. The van der Waals surface area contributed by atoms with Gasteiger partial charge in [-0.15, -0.1) is 0 Å². The highest BCUT2D eigenvalue weighted by atomic mass is 19.1. The summed E-state index contributed by atoms with van der Waals surface area (Å²) in [4.78, 5) is 19.2. The molecule has 0 aliphatic heterocycles. The summed E-state index contributed by atoms with van der Waals surface area (Å²) in [7, 11) is 1.55. The van der Waals surface area contributed by atoms with Crippen molar-refractivity contribution in [3.05, 3.63) is 48.0 Å². The molecule has 3 aromatic rings. The Bertz CT molecular complexity index is 1010. The lowest BCUT2D eigenvalue weighted by atomic mass is 9.84. The van der Waals surface area contributed by atoms with Crippen molar-refractivity contribution in [1.82, 2.24) is 15.3 Å². The third kappa shape index (κ3) is 3.59. The molecule has 0 saturated heterocycles. The molecule has 28 heavy (non-hydrogen) atoms. The number of aromatic nitrogens is 2. The highest BCUT2D eigenvalue weighted by Gasteiger charge is 2.24. The molecule has 6 heteroatoms. The van der Waals surface area contributed by atoms with Crippen LogP contribution in [-0.4, -0.2) is 29.0 Å². The number of halogens is 1. The summed E-state index contributed by atoms with van der Waals surface area (Å²) < 4.78 is 19.0. The Labute approximate surface area is 163 Å². The number of hydrogen-bond acceptors (Lipinski definition) is 3. The summed E-state index contributed by atoms with van der Waals surface area (Å²) in [6, 6.07) is 8.95. The molecule has 2 aromatic heterocycles. The summed E-state index contributed by atoms with van der Waals surface area (Å²) in [5.74, 6) is 0.640. The van der Waals surface area contributed by atoms with Crippen LogP contribution in [-0.2, 0) is 4.79 Å². The van der Waals surface area contributed by atoms with Crippen molar-refractivity contribution in [1.29, 1.82) is 0 Å². The number of amides is 1. The standard InChI is InChI=1S/C22H24FN3O2/c1-13(27)25-16-6-3-14(4-7-16)20-12-19-17(9-10-24-22(19)26-20)18-8-5-15(23)11-21(18)28-2/h5,8-12,14,16H,3-4,6-7H2,1-2H3,(H,24,26)(H,25,27). The maximum absolute atomic E-state index is 13.6. The Balaban J connectivity index is 1.64. The molecule has 2 heterocycles. The van der Waals surface area contributed by atoms with E-state index in [4.69, 9.17) is 4.74 Å². The number of carbonyl (C=O) groups is 1. The van der Waals surface area contributed by atoms with Gasteiger partial charge in [-0.25, -0.2) is 9.37 Å². The number of methoxy groups -OCH3 is 1. The van der Waals surface area contributed by atoms with Crippen molar-refractivity contribution in [2.45, 2.75) is 44.6 Å². The largest absolute Gasteiger partial charge is 0.496 e. The molecule has 0 spiro atoms. The van der Waals surface area contributed by atoms with Crippen molar-refractivity contribution in [3.63, 3.8) is 0 Å². The van der Waals surface area contributed by atoms with E-state index in [0.717, 1.165) is 53.5 Å². The minimum absolute atomic E-state index is 0.0381. The van der Waals surface area contributed by atoms with Gasteiger partial charge in [-0.05, 0) is 61.4 Å². The average Bonchev–Trinajstić information content (AvgIpc) is 3.12. The van der Waals surface area contributed by atoms with E-state index >= 15 is 0 Å². The van der Waals surface area contributed by atoms with Crippen molar-refractivity contribution < 1.29 is 13.9 Å². The number of nitrogens with zero attached hydrogens (tertiary/aromatic N) is 1. The zero-order valence-corrected chi connectivity index (χ0v) is 16.1. The lowest BCUT2D eigenvalue weighted by molar-refractivity contribution is -0.119. The van der Waals surface area contributed by atoms with Crippen LogP contribution in [0.5, 0.6) is 5.75 Å². The van der Waals surface area contributed by atoms with Gasteiger partial charge in [0.05, 0.1) is 7.11 Å². The molecule has 0 unspecified atom stereocenters. The number of ether oxygens (including phenoxy) is 1. The van der Waals surface area contributed by atoms with E-state index in [1.165, 1.54) is 12.1 Å². The van der Waals surface area contributed by atoms with Crippen LogP contribution >= 0.6 is 0 Å². The Kier molecular flexibility index (Phi) is 5.03. The van der Waals surface area contributed by atoms with Crippen molar-refractivity contribution in [3.8, 4) is 16.9 Å². The van der Waals surface area contributed by atoms with Crippen molar-refractivity contribution in [2.75, 3.05) is 7.11 Å². The monoisotopic (exact) mass is 381 g/mol. The van der Waals surface area contributed by atoms with E-state index in [9.17, 15) is 9.18 Å². The van der Waals surface area contributed by atoms with Crippen molar-refractivity contribution in [2.24, 2.45) is 0 Å². The lowest BCUT2D eigenvalue weighted by Gasteiger charge is -2.28. The molecule has 1 aliphatic carbocycles. The Morgan fingerprint density at radius 2 is 1.96 bits per heavy atom. The quantitative estimate of drug-likeness (QED) is 0.697. The molecule has 0 atom stereocenters. The fraction of sp³-hybridized carbons (Fsp3) is 0.364. The van der Waals surface area contributed by atoms with Crippen LogP contribution < -0.4 is 10.1 Å². The van der Waals surface area contributed by atoms with E-state index in [2.05, 4.69) is 21.4 Å². The summed E-state index contributed by atoms with van der Waals surface area (Å²) in [6.07, 6.45) is 5.76. The third-order valence-electron chi connectivity index (χ3n) is 5.58. The van der Waals surface area contributed by atoms with E-state index in [1.54, 1.807) is 26.3 Å². The number of hydrogen-bond donors (Lipinski definition) is 2. The van der Waals surface area contributed by atoms with Crippen LogP contribution in [0.4, 0.5) is 4.39 Å². The first-order chi connectivity index (χ1) is 13.5. The van der Waals surface area contributed by atoms with Gasteiger partial charge in [0.15, 0.2) is 0 Å². The second kappa shape index (κ2) is 7.62. The fourth-order valence-electron chi connectivity index (χ4n) is 4.23. The Morgan fingerprint density at radius 3 is 2.68 bits per heavy atom. The van der Waals surface area contributed by atoms with E-state index < -0.39 is 0 Å². The molecule has 4 rings (SSSR count). The fourth-order valence-corrected chi connectivity index (χ4v) is 4.23. The topological polar surface area (TPSA) is 67.0 Å². The second-order valence-electron chi connectivity index (χ2n) is 7.44. The zero-order chi connectivity index (χ0) is 19.7. The first-order valence-corrected chi connectivity index (χ1v) is 9.64. The maximum atomic E-state index is 13.6. The minimum Gasteiger partial charge on any atom is -0.496 e. The van der Waals surface area contributed by atoms with Crippen LogP contribution in [0.15, 0.2) is 36.5 Å². The number of nitrogens with one attached hydrogen (secondary N) is 2. The molecule has 1 aliphatic rings. The zero-order valence-electron chi connectivity index (χ0n) is 16.1. The molecule has 1 amide bonds. The molecular formula is C22H24FN3O2. The molecule has 0 bridgehead atoms. The SMILES string of the molecule is COc1cc(F)ccc1-c1ccnc2[nH]c(C3CCC(NC(C)=O)CC3)cc12. The van der Waals surface area contributed by atoms with Gasteiger partial charge in [-0.3, -0.25) is 4.79 Å². The summed E-state index contributed by atoms with van der Waals surface area (Å²) >= 11 is 0. The van der Waals surface area contributed by atoms with Gasteiger partial charge in [0.2, 0.25) is 5.91 Å². The van der Waals surface area contributed by atoms with Gasteiger partial charge in [-0.1, -0.05) is 0 Å². The number of carbonyl (C=O) groups excluding carboxylic acids is 1. The first kappa shape index (κ1) is 18.5. The predicted molar refractivity (Wildman–Crippen MR) is 107 cm³/mol. The van der Waals surface area contributed by atoms with E-state index in [1.807, 2.05) is 6.07 Å². The van der Waals surface area contributed by atoms with Gasteiger partial charge in [0.25, 0.3) is 0 Å². The van der Waals surface area contributed by atoms with Crippen LogP contribution in [0.2, 0.25) is 0 Å². The van der Waals surface area contributed by atoms with E-state index in [0.29, 0.717) is 11.7 Å². The Morgan fingerprint density at radius 1 is 1.18 bits per heavy atom. The summed E-state index contributed by atoms with van der Waals surface area (Å²) in [5.41, 5.74) is 3.80. The maximum Gasteiger partial charge on any atom is 0.217 e. The van der Waals surface area contributed by atoms with Crippen LogP contribution in [0.3, 0.4) is 0 Å². The Hall–Kier alpha value is -2.89. The number of aromatic amines is 1. The van der Waals surface area contributed by atoms with Crippen LogP contribution in [0, 0.1) is 5.82 Å². The summed E-state index contributed by atoms with van der Waals surface area (Å²) in [6.45, 7) is 1.57. The molecule has 1 saturated carbocycles. The number of fused-ring (bicyclic) bond motifs is 1. The van der Waals surface area contributed by atoms with Gasteiger partial charge in [0, 0.05) is 41.9 Å². The van der Waals surface area contributed by atoms with Gasteiger partial charge in [0.1, 0.15) is 17.2 Å². The first-order valence-electron chi connectivity index (χ1n) is 9.64. The van der Waals surface area contributed by atoms with Crippen molar-refractivity contribution >= 4 is 16.9 Å². The number of pyridine rings is 1. The normalized spacial score (nSPS) is 19.5. The molecular weight excluding hydrogens is 357 g/mol.